The molecule has 0 aromatic carbocycles. The van der Waals surface area contributed by atoms with Crippen LogP contribution in [0.25, 0.3) is 0 Å². The predicted octanol–water partition coefficient (Wildman–Crippen LogP) is 11.1. The summed E-state index contributed by atoms with van der Waals surface area (Å²) in [4.78, 5) is 10.3. The van der Waals surface area contributed by atoms with Gasteiger partial charge in [-0.25, -0.2) is 4.57 Å². The van der Waals surface area contributed by atoms with E-state index in [1.807, 2.05) is 0 Å². The molecule has 0 rings (SSSR count). The summed E-state index contributed by atoms with van der Waals surface area (Å²) in [6, 6.07) is 0. The van der Waals surface area contributed by atoms with Gasteiger partial charge in [-0.05, 0) is 61.2 Å². The largest absolute Gasteiger partial charge is 0.870 e. The second-order valence-electron chi connectivity index (χ2n) is 17.4. The normalized spacial score (nSPS) is 16.7. The van der Waals surface area contributed by atoms with E-state index in [1.54, 1.807) is 0 Å². The van der Waals surface area contributed by atoms with Crippen LogP contribution in [0.3, 0.4) is 0 Å². The molecule has 0 aliphatic carbocycles. The molecular weight excluding hydrogens is 637 g/mol. The third-order valence-electron chi connectivity index (χ3n) is 9.67. The van der Waals surface area contributed by atoms with Crippen molar-refractivity contribution in [2.24, 2.45) is 35.5 Å². The number of hydrogen-bond acceptors (Lipinski definition) is 6. The molecule has 9 heteroatoms. The average molecular weight is 724 g/mol. The number of rotatable bonds is 34. The molecule has 0 saturated carbocycles. The first-order valence-electron chi connectivity index (χ1n) is 20.1. The summed E-state index contributed by atoms with van der Waals surface area (Å²) >= 11 is 0. The maximum Gasteiger partial charge on any atom is 0.472 e. The second kappa shape index (κ2) is 30.4. The minimum atomic E-state index is -4.15. The van der Waals surface area contributed by atoms with Gasteiger partial charge >= 0.3 is 7.82 Å². The van der Waals surface area contributed by atoms with Crippen LogP contribution < -0.4 is 0 Å². The van der Waals surface area contributed by atoms with Crippen molar-refractivity contribution in [2.45, 2.75) is 164 Å². The van der Waals surface area contributed by atoms with Gasteiger partial charge < -0.3 is 24.3 Å². The fourth-order valence-electron chi connectivity index (χ4n) is 6.12. The maximum atomic E-state index is 12.6. The van der Waals surface area contributed by atoms with E-state index in [0.29, 0.717) is 31.7 Å². The fraction of sp³-hybridized carbons (Fsp3) is 1.00. The van der Waals surface area contributed by atoms with Gasteiger partial charge in [-0.2, -0.15) is 0 Å². The zero-order valence-corrected chi connectivity index (χ0v) is 35.3. The molecule has 0 saturated heterocycles. The van der Waals surface area contributed by atoms with Crippen LogP contribution in [0, 0.1) is 35.5 Å². The summed E-state index contributed by atoms with van der Waals surface area (Å²) in [7, 11) is 2.27. The van der Waals surface area contributed by atoms with E-state index in [0.717, 1.165) is 60.4 Å². The lowest BCUT2D eigenvalue weighted by molar-refractivity contribution is -0.870. The molecule has 0 aliphatic rings. The summed E-state index contributed by atoms with van der Waals surface area (Å²) in [6.45, 7) is 21.4. The third kappa shape index (κ3) is 36.1. The van der Waals surface area contributed by atoms with Crippen LogP contribution in [-0.2, 0) is 23.1 Å². The van der Waals surface area contributed by atoms with Crippen LogP contribution in [0.5, 0.6) is 0 Å². The lowest BCUT2D eigenvalue weighted by Gasteiger charge is -2.24. The van der Waals surface area contributed by atoms with Crippen molar-refractivity contribution in [3.05, 3.63) is 0 Å². The molecule has 0 aliphatic heterocycles. The quantitative estimate of drug-likeness (QED) is 0.0400. The molecule has 49 heavy (non-hydrogen) atoms. The van der Waals surface area contributed by atoms with Gasteiger partial charge in [0.2, 0.25) is 0 Å². The van der Waals surface area contributed by atoms with E-state index in [9.17, 15) is 9.46 Å². The van der Waals surface area contributed by atoms with Crippen LogP contribution in [0.15, 0.2) is 0 Å². The zero-order valence-electron chi connectivity index (χ0n) is 34.4. The zero-order chi connectivity index (χ0) is 36.4. The molecule has 0 amide bonds. The van der Waals surface area contributed by atoms with Gasteiger partial charge in [-0.1, -0.05) is 132 Å². The van der Waals surface area contributed by atoms with Crippen LogP contribution >= 0.6 is 7.82 Å². The van der Waals surface area contributed by atoms with Gasteiger partial charge in [0.05, 0.1) is 47.5 Å². The highest BCUT2D eigenvalue weighted by atomic mass is 31.2. The molecule has 0 fully saturated rings. The molecule has 0 aromatic heterocycles. The lowest BCUT2D eigenvalue weighted by atomic mass is 9.93. The maximum absolute atomic E-state index is 12.6. The van der Waals surface area contributed by atoms with E-state index >= 15 is 0 Å². The van der Waals surface area contributed by atoms with E-state index in [4.69, 9.17) is 18.5 Å². The fourth-order valence-corrected chi connectivity index (χ4v) is 6.91. The standard InChI is InChI=1S/C40H84NO6P.H2O/c1-34(2)18-14-20-36(5)22-16-24-38(7)26-30-44-32-40(33-47-48(42,43)46-29-13-12-28-41(9,10)11)45-31-27-39(8)25-17-23-37(6)21-15-19-35(3)4;/h34-40H,12-33H2,1-11H3;1H2. The van der Waals surface area contributed by atoms with Crippen molar-refractivity contribution in [1.29, 1.82) is 0 Å². The first kappa shape index (κ1) is 51.1. The van der Waals surface area contributed by atoms with Crippen molar-refractivity contribution < 1.29 is 37.9 Å². The van der Waals surface area contributed by atoms with Gasteiger partial charge in [0, 0.05) is 13.2 Å². The summed E-state index contributed by atoms with van der Waals surface area (Å²) in [6.07, 6.45) is 18.8. The molecule has 298 valence electrons. The van der Waals surface area contributed by atoms with Crippen molar-refractivity contribution in [3.8, 4) is 0 Å². The summed E-state index contributed by atoms with van der Waals surface area (Å²) in [5.41, 5.74) is 0. The summed E-state index contributed by atoms with van der Waals surface area (Å²) in [5.74, 6) is 4.40. The Morgan fingerprint density at radius 2 is 0.959 bits per heavy atom. The van der Waals surface area contributed by atoms with Crippen molar-refractivity contribution >= 4 is 7.82 Å². The Morgan fingerprint density at radius 3 is 1.41 bits per heavy atom. The number of ether oxygens (including phenoxy) is 2. The van der Waals surface area contributed by atoms with Gasteiger partial charge in [0.25, 0.3) is 0 Å². The number of nitrogens with zero attached hydrogens (tertiary/aromatic N) is 1. The van der Waals surface area contributed by atoms with Crippen molar-refractivity contribution in [3.63, 3.8) is 0 Å². The average Bonchev–Trinajstić information content (AvgIpc) is 2.96. The van der Waals surface area contributed by atoms with E-state index < -0.39 is 13.9 Å². The molecule has 8 nitrogen and oxygen atoms in total. The molecule has 0 radical (unpaired) electrons. The number of hydrogen-bond donors (Lipinski definition) is 1. The Hall–Kier alpha value is -0.0500. The summed E-state index contributed by atoms with van der Waals surface area (Å²) in [5, 5.41) is 0. The third-order valence-corrected chi connectivity index (χ3v) is 10.7. The summed E-state index contributed by atoms with van der Waals surface area (Å²) < 4.78 is 36.4. The molecule has 0 aromatic rings. The van der Waals surface area contributed by atoms with Gasteiger partial charge in [-0.3, -0.25) is 9.05 Å². The van der Waals surface area contributed by atoms with Crippen LogP contribution in [-0.4, -0.2) is 81.7 Å². The monoisotopic (exact) mass is 724 g/mol. The molecule has 6 unspecified atom stereocenters. The highest BCUT2D eigenvalue weighted by Gasteiger charge is 2.24. The first-order chi connectivity index (χ1) is 22.5. The lowest BCUT2D eigenvalue weighted by Crippen LogP contribution is -2.35. The Kier molecular flexibility index (Phi) is 31.7. The van der Waals surface area contributed by atoms with Crippen molar-refractivity contribution in [2.75, 3.05) is 60.7 Å². The number of quaternary nitrogens is 1. The minimum Gasteiger partial charge on any atom is -0.870 e. The Morgan fingerprint density at radius 1 is 0.531 bits per heavy atom. The number of phosphoric acid groups is 1. The Balaban J connectivity index is 0. The Labute approximate surface area is 305 Å². The molecule has 0 bridgehead atoms. The van der Waals surface area contributed by atoms with Gasteiger partial charge in [0.15, 0.2) is 0 Å². The highest BCUT2D eigenvalue weighted by molar-refractivity contribution is 7.47. The Bertz CT molecular complexity index is 776. The smallest absolute Gasteiger partial charge is 0.472 e. The molecule has 0 spiro atoms. The van der Waals surface area contributed by atoms with Crippen LogP contribution in [0.2, 0.25) is 0 Å². The molecule has 2 N–H and O–H groups in total. The number of phosphoric ester groups is 1. The van der Waals surface area contributed by atoms with Gasteiger partial charge in [0.1, 0.15) is 6.10 Å². The van der Waals surface area contributed by atoms with E-state index in [2.05, 4.69) is 76.5 Å². The first-order valence-corrected chi connectivity index (χ1v) is 21.6. The molecule has 6 atom stereocenters. The molecule has 0 heterocycles. The van der Waals surface area contributed by atoms with Crippen LogP contribution in [0.4, 0.5) is 0 Å². The number of unbranched alkanes of at least 4 members (excludes halogenated alkanes) is 1. The topological polar surface area (TPSA) is 104 Å². The minimum absolute atomic E-state index is 0. The van der Waals surface area contributed by atoms with Crippen molar-refractivity contribution in [1.82, 2.24) is 0 Å². The predicted molar refractivity (Wildman–Crippen MR) is 207 cm³/mol. The van der Waals surface area contributed by atoms with Gasteiger partial charge in [-0.15, -0.1) is 0 Å². The van der Waals surface area contributed by atoms with Crippen LogP contribution in [0.1, 0.15) is 158 Å². The van der Waals surface area contributed by atoms with E-state index in [1.165, 1.54) is 77.0 Å². The van der Waals surface area contributed by atoms with E-state index in [-0.39, 0.29) is 18.7 Å². The molecular formula is C40H86NO7P. The SMILES string of the molecule is CC(C)CCCC(C)CCCC(C)CCOCC(COP(=O)(O)OCCCC[N+](C)(C)C)OCCC(C)CCCC(C)CCCC(C)C.[OH-]. The second-order valence-corrected chi connectivity index (χ2v) is 18.8. The highest BCUT2D eigenvalue weighted by Crippen LogP contribution is 2.43.